The summed E-state index contributed by atoms with van der Waals surface area (Å²) in [5.74, 6) is 1.30. The SMILES string of the molecule is CC(=O)Nc1nc(C)c(-c2cc3c(c(N4CCOC[C@H]4C)n2)C(=O)N([C@@H](C)C2CC2)C3)s1. The molecule has 1 saturated carbocycles. The van der Waals surface area contributed by atoms with Crippen LogP contribution in [0.15, 0.2) is 6.07 Å². The number of carbonyl (C=O) groups excluding carboxylic acids is 2. The van der Waals surface area contributed by atoms with E-state index in [1.54, 1.807) is 0 Å². The molecule has 0 bridgehead atoms. The second kappa shape index (κ2) is 8.12. The summed E-state index contributed by atoms with van der Waals surface area (Å²) < 4.78 is 5.64. The van der Waals surface area contributed by atoms with Gasteiger partial charge in [0.1, 0.15) is 5.82 Å². The summed E-state index contributed by atoms with van der Waals surface area (Å²) in [5.41, 5.74) is 3.38. The van der Waals surface area contributed by atoms with Gasteiger partial charge in [-0.15, -0.1) is 0 Å². The van der Waals surface area contributed by atoms with Gasteiger partial charge in [-0.1, -0.05) is 11.3 Å². The molecule has 0 unspecified atom stereocenters. The topological polar surface area (TPSA) is 87.7 Å². The second-order valence-electron chi connectivity index (χ2n) is 9.11. The zero-order chi connectivity index (χ0) is 22.6. The smallest absolute Gasteiger partial charge is 0.258 e. The standard InChI is InChI=1S/C23H29N5O3S/c1-12-11-31-8-7-27(12)21-19-17(10-28(22(19)30)14(3)16-5-6-16)9-18(26-21)20-13(2)24-23(32-20)25-15(4)29/h9,12,14,16H,5-8,10-11H2,1-4H3,(H,24,25,29)/t12-,14+/m1/s1. The van der Waals surface area contributed by atoms with E-state index < -0.39 is 0 Å². The molecule has 8 nitrogen and oxygen atoms in total. The fourth-order valence-corrected chi connectivity index (χ4v) is 5.68. The maximum Gasteiger partial charge on any atom is 0.258 e. The maximum absolute atomic E-state index is 13.6. The van der Waals surface area contributed by atoms with Crippen molar-refractivity contribution in [2.75, 3.05) is 30.0 Å². The van der Waals surface area contributed by atoms with E-state index in [0.717, 1.165) is 33.2 Å². The van der Waals surface area contributed by atoms with Gasteiger partial charge in [0.15, 0.2) is 5.13 Å². The Balaban J connectivity index is 1.59. The number of amides is 2. The predicted octanol–water partition coefficient (Wildman–Crippen LogP) is 3.45. The molecule has 0 radical (unpaired) electrons. The zero-order valence-electron chi connectivity index (χ0n) is 19.0. The summed E-state index contributed by atoms with van der Waals surface area (Å²) in [6, 6.07) is 2.42. The lowest BCUT2D eigenvalue weighted by Gasteiger charge is -2.35. The van der Waals surface area contributed by atoms with Crippen molar-refractivity contribution >= 4 is 34.1 Å². The Bertz CT molecular complexity index is 1080. The Kier molecular flexibility index (Phi) is 5.41. The van der Waals surface area contributed by atoms with Crippen LogP contribution in [0.2, 0.25) is 0 Å². The van der Waals surface area contributed by atoms with Crippen molar-refractivity contribution in [1.82, 2.24) is 14.9 Å². The molecule has 4 heterocycles. The number of hydrogen-bond donors (Lipinski definition) is 1. The van der Waals surface area contributed by atoms with Crippen molar-refractivity contribution in [3.05, 3.63) is 22.9 Å². The van der Waals surface area contributed by atoms with E-state index in [4.69, 9.17) is 9.72 Å². The van der Waals surface area contributed by atoms with Gasteiger partial charge in [0.05, 0.1) is 41.1 Å². The van der Waals surface area contributed by atoms with E-state index >= 15 is 0 Å². The first kappa shape index (κ1) is 21.3. The molecule has 2 aliphatic heterocycles. The Labute approximate surface area is 192 Å². The number of thiazole rings is 1. The molecular weight excluding hydrogens is 426 g/mol. The molecule has 9 heteroatoms. The molecule has 2 atom stereocenters. The number of nitrogens with one attached hydrogen (secondary N) is 1. The van der Waals surface area contributed by atoms with E-state index in [2.05, 4.69) is 29.0 Å². The van der Waals surface area contributed by atoms with Crippen LogP contribution in [0.3, 0.4) is 0 Å². The number of ether oxygens (including phenoxy) is 1. The number of aryl methyl sites for hydroxylation is 1. The van der Waals surface area contributed by atoms with Crippen LogP contribution >= 0.6 is 11.3 Å². The van der Waals surface area contributed by atoms with Gasteiger partial charge in [-0.05, 0) is 51.2 Å². The van der Waals surface area contributed by atoms with Gasteiger partial charge in [-0.25, -0.2) is 9.97 Å². The molecule has 3 aliphatic rings. The third kappa shape index (κ3) is 3.77. The van der Waals surface area contributed by atoms with Crippen LogP contribution < -0.4 is 10.2 Å². The van der Waals surface area contributed by atoms with Gasteiger partial charge in [-0.3, -0.25) is 9.59 Å². The molecule has 1 N–H and O–H groups in total. The number of aromatic nitrogens is 2. The van der Waals surface area contributed by atoms with Gasteiger partial charge in [0.2, 0.25) is 5.91 Å². The number of hydrogen-bond acceptors (Lipinski definition) is 7. The normalized spacial score (nSPS) is 21.6. The molecular formula is C23H29N5O3S. The highest BCUT2D eigenvalue weighted by atomic mass is 32.1. The Hall–Kier alpha value is -2.52. The first-order valence-electron chi connectivity index (χ1n) is 11.3. The van der Waals surface area contributed by atoms with Crippen LogP contribution in [0.25, 0.3) is 10.6 Å². The lowest BCUT2D eigenvalue weighted by molar-refractivity contribution is -0.114. The molecule has 1 saturated heterocycles. The van der Waals surface area contributed by atoms with Crippen LogP contribution in [0.5, 0.6) is 0 Å². The van der Waals surface area contributed by atoms with Gasteiger partial charge in [0.25, 0.3) is 5.91 Å². The van der Waals surface area contributed by atoms with Crippen molar-refractivity contribution in [1.29, 1.82) is 0 Å². The van der Waals surface area contributed by atoms with Gasteiger partial charge >= 0.3 is 0 Å². The molecule has 0 spiro atoms. The van der Waals surface area contributed by atoms with Crippen molar-refractivity contribution in [3.63, 3.8) is 0 Å². The summed E-state index contributed by atoms with van der Waals surface area (Å²) in [6.45, 7) is 10.2. The molecule has 170 valence electrons. The van der Waals surface area contributed by atoms with Crippen molar-refractivity contribution in [2.45, 2.75) is 59.2 Å². The van der Waals surface area contributed by atoms with E-state index in [1.807, 2.05) is 17.9 Å². The molecule has 1 aliphatic carbocycles. The largest absolute Gasteiger partial charge is 0.377 e. The molecule has 32 heavy (non-hydrogen) atoms. The average Bonchev–Trinajstić information content (AvgIpc) is 3.46. The number of nitrogens with zero attached hydrogens (tertiary/aromatic N) is 4. The highest BCUT2D eigenvalue weighted by molar-refractivity contribution is 7.19. The zero-order valence-corrected chi connectivity index (χ0v) is 19.8. The lowest BCUT2D eigenvalue weighted by atomic mass is 10.1. The van der Waals surface area contributed by atoms with E-state index in [1.165, 1.54) is 31.1 Å². The van der Waals surface area contributed by atoms with Crippen LogP contribution in [-0.4, -0.2) is 58.5 Å². The maximum atomic E-state index is 13.6. The number of anilines is 2. The Morgan fingerprint density at radius 3 is 2.81 bits per heavy atom. The summed E-state index contributed by atoms with van der Waals surface area (Å²) in [5, 5.41) is 3.34. The minimum Gasteiger partial charge on any atom is -0.377 e. The lowest BCUT2D eigenvalue weighted by Crippen LogP contribution is -2.45. The quantitative estimate of drug-likeness (QED) is 0.743. The van der Waals surface area contributed by atoms with Gasteiger partial charge in [0, 0.05) is 26.1 Å². The average molecular weight is 456 g/mol. The first-order valence-corrected chi connectivity index (χ1v) is 12.1. The second-order valence-corrected chi connectivity index (χ2v) is 10.1. The number of rotatable bonds is 5. The van der Waals surface area contributed by atoms with E-state index in [-0.39, 0.29) is 23.9 Å². The summed E-state index contributed by atoms with van der Waals surface area (Å²) >= 11 is 1.42. The summed E-state index contributed by atoms with van der Waals surface area (Å²) in [4.78, 5) is 39.7. The minimum atomic E-state index is -0.148. The van der Waals surface area contributed by atoms with Crippen molar-refractivity contribution in [2.24, 2.45) is 5.92 Å². The minimum absolute atomic E-state index is 0.0899. The van der Waals surface area contributed by atoms with Crippen LogP contribution in [0.4, 0.5) is 10.9 Å². The fourth-order valence-electron chi connectivity index (χ4n) is 4.71. The van der Waals surface area contributed by atoms with Crippen molar-refractivity contribution in [3.8, 4) is 10.6 Å². The first-order chi connectivity index (χ1) is 15.3. The molecule has 2 aromatic heterocycles. The molecule has 5 rings (SSSR count). The van der Waals surface area contributed by atoms with Gasteiger partial charge < -0.3 is 19.9 Å². The Morgan fingerprint density at radius 1 is 1.34 bits per heavy atom. The van der Waals surface area contributed by atoms with Crippen LogP contribution in [0, 0.1) is 12.8 Å². The molecule has 2 fully saturated rings. The number of morpholine rings is 1. The highest BCUT2D eigenvalue weighted by Gasteiger charge is 2.41. The molecule has 2 aromatic rings. The third-order valence-electron chi connectivity index (χ3n) is 6.65. The van der Waals surface area contributed by atoms with E-state index in [9.17, 15) is 9.59 Å². The number of fused-ring (bicyclic) bond motifs is 1. The Morgan fingerprint density at radius 2 is 2.12 bits per heavy atom. The molecule has 2 amide bonds. The van der Waals surface area contributed by atoms with Crippen LogP contribution in [-0.2, 0) is 16.1 Å². The van der Waals surface area contributed by atoms with E-state index in [0.29, 0.717) is 37.4 Å². The predicted molar refractivity (Wildman–Crippen MR) is 124 cm³/mol. The number of pyridine rings is 1. The summed E-state index contributed by atoms with van der Waals surface area (Å²) in [7, 11) is 0. The molecule has 0 aromatic carbocycles. The van der Waals surface area contributed by atoms with Crippen LogP contribution in [0.1, 0.15) is 55.2 Å². The number of carbonyl (C=O) groups is 2. The third-order valence-corrected chi connectivity index (χ3v) is 7.74. The van der Waals surface area contributed by atoms with Crippen molar-refractivity contribution < 1.29 is 14.3 Å². The fraction of sp³-hybridized carbons (Fsp3) is 0.565. The summed E-state index contributed by atoms with van der Waals surface area (Å²) in [6.07, 6.45) is 2.40. The van der Waals surface area contributed by atoms with Gasteiger partial charge in [-0.2, -0.15) is 0 Å². The highest BCUT2D eigenvalue weighted by Crippen LogP contribution is 2.42. The monoisotopic (exact) mass is 455 g/mol.